The zero-order valence-electron chi connectivity index (χ0n) is 17.1. The first-order chi connectivity index (χ1) is 14.6. The maximum Gasteiger partial charge on any atom is 0.436 e. The van der Waals surface area contributed by atoms with Crippen LogP contribution in [0.2, 0.25) is 0 Å². The molecule has 1 unspecified atom stereocenters. The lowest BCUT2D eigenvalue weighted by molar-refractivity contribution is -0.142. The molecular weight excluding hydrogens is 479 g/mol. The topological polar surface area (TPSA) is 74.0 Å². The predicted octanol–water partition coefficient (Wildman–Crippen LogP) is 4.97. The molecule has 0 saturated carbocycles. The number of aromatic nitrogens is 4. The van der Waals surface area contributed by atoms with E-state index in [-0.39, 0.29) is 16.9 Å². The van der Waals surface area contributed by atoms with E-state index >= 15 is 0 Å². The molecule has 1 atom stereocenters. The van der Waals surface area contributed by atoms with Crippen molar-refractivity contribution >= 4 is 27.5 Å². The fraction of sp³-hybridized carbons (Fsp3) is 0.350. The van der Waals surface area contributed by atoms with Crippen LogP contribution in [0.25, 0.3) is 0 Å². The maximum absolute atomic E-state index is 13.1. The minimum Gasteiger partial charge on any atom is -0.471 e. The zero-order valence-corrected chi connectivity index (χ0v) is 18.7. The molecule has 31 heavy (non-hydrogen) atoms. The Morgan fingerprint density at radius 2 is 1.97 bits per heavy atom. The van der Waals surface area contributed by atoms with Crippen LogP contribution in [0.15, 0.2) is 41.1 Å². The van der Waals surface area contributed by atoms with Gasteiger partial charge < -0.3 is 10.1 Å². The zero-order chi connectivity index (χ0) is 22.8. The van der Waals surface area contributed by atoms with Crippen LogP contribution in [0.1, 0.15) is 36.8 Å². The summed E-state index contributed by atoms with van der Waals surface area (Å²) in [7, 11) is 0. The highest BCUT2D eigenvalue weighted by Crippen LogP contribution is 2.36. The third kappa shape index (κ3) is 5.27. The average molecular weight is 500 g/mol. The van der Waals surface area contributed by atoms with Crippen LogP contribution in [0.4, 0.5) is 18.9 Å². The van der Waals surface area contributed by atoms with E-state index in [0.717, 1.165) is 11.1 Å². The first-order valence-electron chi connectivity index (χ1n) is 9.47. The van der Waals surface area contributed by atoms with Crippen molar-refractivity contribution in [2.24, 2.45) is 0 Å². The Labute approximate surface area is 185 Å². The normalized spacial score (nSPS) is 12.6. The van der Waals surface area contributed by atoms with Gasteiger partial charge in [-0.15, -0.1) is 0 Å². The van der Waals surface area contributed by atoms with E-state index in [4.69, 9.17) is 4.74 Å². The number of hydrogen-bond donors (Lipinski definition) is 1. The van der Waals surface area contributed by atoms with Crippen LogP contribution in [0.5, 0.6) is 5.75 Å². The number of halogens is 4. The number of anilines is 1. The Morgan fingerprint density at radius 1 is 1.29 bits per heavy atom. The second kappa shape index (κ2) is 9.13. The molecule has 11 heteroatoms. The number of ether oxygens (including phenoxy) is 1. The predicted molar refractivity (Wildman–Crippen MR) is 112 cm³/mol. The summed E-state index contributed by atoms with van der Waals surface area (Å²) in [4.78, 5) is 12.5. The van der Waals surface area contributed by atoms with Crippen molar-refractivity contribution < 1.29 is 22.7 Å². The standard InChI is InChI=1S/C20H21BrF3N5O2/c1-4-14-5-7-16(8-6-14)31-11-28-10-15(9-25-28)26-19(30)13(3)29-12(2)17(21)18(27-29)20(22,23)24/h5-10,13H,4,11H2,1-3H3,(H,26,30). The molecule has 0 saturated heterocycles. The molecule has 3 rings (SSSR count). The quantitative estimate of drug-likeness (QED) is 0.498. The molecule has 166 valence electrons. The van der Waals surface area contributed by atoms with Crippen LogP contribution in [-0.4, -0.2) is 25.5 Å². The lowest BCUT2D eigenvalue weighted by atomic mass is 10.2. The number of carbonyl (C=O) groups excluding carboxylic acids is 1. The van der Waals surface area contributed by atoms with Crippen molar-refractivity contribution in [1.29, 1.82) is 0 Å². The van der Waals surface area contributed by atoms with Gasteiger partial charge in [-0.25, -0.2) is 4.68 Å². The largest absolute Gasteiger partial charge is 0.471 e. The summed E-state index contributed by atoms with van der Waals surface area (Å²) in [5.41, 5.74) is 0.726. The molecule has 0 aliphatic carbocycles. The fourth-order valence-corrected chi connectivity index (χ4v) is 3.36. The van der Waals surface area contributed by atoms with E-state index in [1.165, 1.54) is 30.3 Å². The number of benzene rings is 1. The van der Waals surface area contributed by atoms with Gasteiger partial charge >= 0.3 is 6.18 Å². The summed E-state index contributed by atoms with van der Waals surface area (Å²) in [6, 6.07) is 6.72. The van der Waals surface area contributed by atoms with Crippen LogP contribution in [0.3, 0.4) is 0 Å². The molecule has 2 heterocycles. The molecule has 0 fully saturated rings. The van der Waals surface area contributed by atoms with Crippen LogP contribution in [-0.2, 0) is 24.1 Å². The molecule has 0 spiro atoms. The number of rotatable bonds is 7. The van der Waals surface area contributed by atoms with Crippen molar-refractivity contribution in [2.45, 2.75) is 46.1 Å². The van der Waals surface area contributed by atoms with Crippen molar-refractivity contribution in [2.75, 3.05) is 5.32 Å². The Hall–Kier alpha value is -2.82. The van der Waals surface area contributed by atoms with Gasteiger partial charge in [-0.1, -0.05) is 19.1 Å². The molecule has 3 aromatic rings. The second-order valence-corrected chi connectivity index (χ2v) is 7.69. The molecular formula is C20H21BrF3N5O2. The minimum atomic E-state index is -4.62. The smallest absolute Gasteiger partial charge is 0.436 e. The minimum absolute atomic E-state index is 0.136. The van der Waals surface area contributed by atoms with Gasteiger partial charge in [-0.2, -0.15) is 23.4 Å². The second-order valence-electron chi connectivity index (χ2n) is 6.89. The summed E-state index contributed by atoms with van der Waals surface area (Å²) < 4.78 is 47.2. The number of aryl methyl sites for hydroxylation is 1. The van der Waals surface area contributed by atoms with Crippen LogP contribution in [0, 0.1) is 6.92 Å². The SMILES string of the molecule is CCc1ccc(OCn2cc(NC(=O)C(C)n3nc(C(F)(F)F)c(Br)c3C)cn2)cc1. The number of nitrogens with one attached hydrogen (secondary N) is 1. The van der Waals surface area contributed by atoms with Crippen molar-refractivity contribution in [3.05, 3.63) is 58.1 Å². The first kappa shape index (κ1) is 22.9. The first-order valence-corrected chi connectivity index (χ1v) is 10.3. The monoisotopic (exact) mass is 499 g/mol. The van der Waals surface area contributed by atoms with Gasteiger partial charge in [-0.05, 0) is 53.9 Å². The Kier molecular flexibility index (Phi) is 6.73. The van der Waals surface area contributed by atoms with Crippen LogP contribution >= 0.6 is 15.9 Å². The van der Waals surface area contributed by atoms with Gasteiger partial charge in [0.15, 0.2) is 12.4 Å². The van der Waals surface area contributed by atoms with Crippen molar-refractivity contribution in [3.8, 4) is 5.75 Å². The highest BCUT2D eigenvalue weighted by molar-refractivity contribution is 9.10. The van der Waals surface area contributed by atoms with E-state index < -0.39 is 23.8 Å². The molecule has 0 radical (unpaired) electrons. The maximum atomic E-state index is 13.1. The molecule has 0 aliphatic heterocycles. The third-order valence-electron chi connectivity index (χ3n) is 4.69. The summed E-state index contributed by atoms with van der Waals surface area (Å²) >= 11 is 2.91. The Bertz CT molecular complexity index is 1060. The van der Waals surface area contributed by atoms with Gasteiger partial charge in [0.1, 0.15) is 11.8 Å². The van der Waals surface area contributed by atoms with Gasteiger partial charge in [0.2, 0.25) is 5.91 Å². The molecule has 0 aliphatic rings. The van der Waals surface area contributed by atoms with E-state index in [1.807, 2.05) is 24.3 Å². The molecule has 1 N–H and O–H groups in total. The van der Waals surface area contributed by atoms with E-state index in [0.29, 0.717) is 11.4 Å². The molecule has 0 bridgehead atoms. The highest BCUT2D eigenvalue weighted by atomic mass is 79.9. The Morgan fingerprint density at radius 3 is 2.55 bits per heavy atom. The fourth-order valence-electron chi connectivity index (χ4n) is 2.88. The van der Waals surface area contributed by atoms with Crippen molar-refractivity contribution in [3.63, 3.8) is 0 Å². The summed E-state index contributed by atoms with van der Waals surface area (Å²) in [6.45, 7) is 5.13. The average Bonchev–Trinajstić information content (AvgIpc) is 3.30. The lowest BCUT2D eigenvalue weighted by Gasteiger charge is -2.13. The lowest BCUT2D eigenvalue weighted by Crippen LogP contribution is -2.25. The molecule has 1 amide bonds. The number of carbonyl (C=O) groups is 1. The summed E-state index contributed by atoms with van der Waals surface area (Å²) in [5.74, 6) is 0.162. The number of hydrogen-bond acceptors (Lipinski definition) is 4. The van der Waals surface area contributed by atoms with E-state index in [2.05, 4.69) is 38.4 Å². The number of nitrogens with zero attached hydrogens (tertiary/aromatic N) is 4. The molecule has 2 aromatic heterocycles. The van der Waals surface area contributed by atoms with Crippen molar-refractivity contribution in [1.82, 2.24) is 19.6 Å². The molecule has 1 aromatic carbocycles. The van der Waals surface area contributed by atoms with E-state index in [9.17, 15) is 18.0 Å². The van der Waals surface area contributed by atoms with Gasteiger partial charge in [0.05, 0.1) is 28.2 Å². The summed E-state index contributed by atoms with van der Waals surface area (Å²) in [5, 5.41) is 10.3. The molecule has 7 nitrogen and oxygen atoms in total. The number of alkyl halides is 3. The van der Waals surface area contributed by atoms with Crippen LogP contribution < -0.4 is 10.1 Å². The van der Waals surface area contributed by atoms with E-state index in [1.54, 1.807) is 6.20 Å². The Balaban J connectivity index is 1.63. The van der Waals surface area contributed by atoms with Gasteiger partial charge in [-0.3, -0.25) is 9.48 Å². The van der Waals surface area contributed by atoms with Gasteiger partial charge in [0.25, 0.3) is 0 Å². The number of amides is 1. The highest BCUT2D eigenvalue weighted by Gasteiger charge is 2.39. The third-order valence-corrected chi connectivity index (χ3v) is 5.64. The van der Waals surface area contributed by atoms with Gasteiger partial charge in [0, 0.05) is 0 Å². The summed E-state index contributed by atoms with van der Waals surface area (Å²) in [6.07, 6.45) is -0.685.